The number of likely N-dealkylation sites (tertiary alicyclic amines) is 1. The molecule has 7 heteroatoms. The number of carbonyl (C=O) groups excluding carboxylic acids is 2. The summed E-state index contributed by atoms with van der Waals surface area (Å²) in [6.07, 6.45) is 2.52. The van der Waals surface area contributed by atoms with Crippen LogP contribution in [0.15, 0.2) is 48.7 Å². The van der Waals surface area contributed by atoms with Gasteiger partial charge in [-0.3, -0.25) is 14.6 Å². The van der Waals surface area contributed by atoms with E-state index in [2.05, 4.69) is 4.98 Å². The maximum atomic E-state index is 14.0. The zero-order valence-corrected chi connectivity index (χ0v) is 15.4. The molecule has 3 heterocycles. The van der Waals surface area contributed by atoms with E-state index in [-0.39, 0.29) is 30.5 Å². The number of hydrogen-bond acceptors (Lipinski definition) is 4. The molecular formula is C21H22FN3O3. The highest BCUT2D eigenvalue weighted by molar-refractivity contribution is 6.00. The monoisotopic (exact) mass is 383 g/mol. The van der Waals surface area contributed by atoms with Gasteiger partial charge in [-0.15, -0.1) is 0 Å². The van der Waals surface area contributed by atoms with E-state index in [9.17, 15) is 19.1 Å². The number of para-hydroxylation sites is 1. The number of pyridine rings is 1. The molecule has 0 bridgehead atoms. The lowest BCUT2D eigenvalue weighted by Gasteiger charge is -2.38. The van der Waals surface area contributed by atoms with Gasteiger partial charge >= 0.3 is 0 Å². The van der Waals surface area contributed by atoms with Crippen LogP contribution >= 0.6 is 0 Å². The van der Waals surface area contributed by atoms with Crippen molar-refractivity contribution in [3.63, 3.8) is 0 Å². The van der Waals surface area contributed by atoms with E-state index in [0.29, 0.717) is 31.6 Å². The van der Waals surface area contributed by atoms with Crippen molar-refractivity contribution in [2.24, 2.45) is 5.92 Å². The lowest BCUT2D eigenvalue weighted by molar-refractivity contribution is -0.140. The summed E-state index contributed by atoms with van der Waals surface area (Å²) in [7, 11) is 0. The summed E-state index contributed by atoms with van der Waals surface area (Å²) in [5, 5.41) is 10.9. The van der Waals surface area contributed by atoms with Crippen molar-refractivity contribution in [1.29, 1.82) is 0 Å². The van der Waals surface area contributed by atoms with Gasteiger partial charge in [0.05, 0.1) is 17.3 Å². The predicted octanol–water partition coefficient (Wildman–Crippen LogP) is 2.08. The van der Waals surface area contributed by atoms with E-state index in [4.69, 9.17) is 0 Å². The van der Waals surface area contributed by atoms with Crippen LogP contribution in [0.1, 0.15) is 25.0 Å². The molecule has 2 aliphatic rings. The maximum absolute atomic E-state index is 14.0. The number of anilines is 1. The molecule has 2 aliphatic heterocycles. The van der Waals surface area contributed by atoms with Crippen molar-refractivity contribution in [1.82, 2.24) is 9.88 Å². The fourth-order valence-electron chi connectivity index (χ4n) is 4.03. The molecule has 1 atom stereocenters. The summed E-state index contributed by atoms with van der Waals surface area (Å²) in [4.78, 5) is 32.6. The lowest BCUT2D eigenvalue weighted by Crippen LogP contribution is -2.47. The quantitative estimate of drug-likeness (QED) is 0.881. The average Bonchev–Trinajstić information content (AvgIpc) is 3.10. The second-order valence-electron chi connectivity index (χ2n) is 7.43. The second kappa shape index (κ2) is 7.31. The summed E-state index contributed by atoms with van der Waals surface area (Å²) in [6.45, 7) is 0.978. The van der Waals surface area contributed by atoms with Gasteiger partial charge in [-0.1, -0.05) is 18.2 Å². The van der Waals surface area contributed by atoms with Gasteiger partial charge in [-0.2, -0.15) is 0 Å². The van der Waals surface area contributed by atoms with Crippen molar-refractivity contribution in [2.45, 2.75) is 24.9 Å². The van der Waals surface area contributed by atoms with Gasteiger partial charge in [0.25, 0.3) is 0 Å². The van der Waals surface area contributed by atoms with Crippen molar-refractivity contribution in [3.8, 4) is 0 Å². The fraction of sp³-hybridized carbons (Fsp3) is 0.381. The van der Waals surface area contributed by atoms with Crippen molar-refractivity contribution < 1.29 is 19.1 Å². The van der Waals surface area contributed by atoms with Crippen LogP contribution in [-0.2, 0) is 15.2 Å². The molecule has 2 aromatic rings. The Morgan fingerprint density at radius 2 is 1.86 bits per heavy atom. The molecule has 28 heavy (non-hydrogen) atoms. The Bertz CT molecular complexity index is 881. The van der Waals surface area contributed by atoms with E-state index in [1.54, 1.807) is 41.4 Å². The van der Waals surface area contributed by atoms with E-state index in [0.717, 1.165) is 0 Å². The summed E-state index contributed by atoms with van der Waals surface area (Å²) < 4.78 is 14.0. The molecule has 1 aromatic heterocycles. The van der Waals surface area contributed by atoms with Gasteiger partial charge in [0, 0.05) is 32.3 Å². The van der Waals surface area contributed by atoms with Crippen LogP contribution in [0.5, 0.6) is 0 Å². The first-order valence-electron chi connectivity index (χ1n) is 9.45. The lowest BCUT2D eigenvalue weighted by atomic mass is 9.87. The van der Waals surface area contributed by atoms with Crippen LogP contribution in [0, 0.1) is 11.7 Å². The normalized spacial score (nSPS) is 21.8. The summed E-state index contributed by atoms with van der Waals surface area (Å²) in [5.74, 6) is -1.32. The topological polar surface area (TPSA) is 73.7 Å². The molecule has 4 rings (SSSR count). The number of piperidine rings is 1. The van der Waals surface area contributed by atoms with Gasteiger partial charge < -0.3 is 14.9 Å². The van der Waals surface area contributed by atoms with Crippen LogP contribution in [-0.4, -0.2) is 46.4 Å². The Morgan fingerprint density at radius 1 is 1.14 bits per heavy atom. The molecule has 1 aromatic carbocycles. The molecule has 0 unspecified atom stereocenters. The first-order chi connectivity index (χ1) is 13.5. The third-order valence-corrected chi connectivity index (χ3v) is 5.66. The molecule has 0 radical (unpaired) electrons. The molecule has 2 saturated heterocycles. The summed E-state index contributed by atoms with van der Waals surface area (Å²) >= 11 is 0. The number of halogens is 1. The van der Waals surface area contributed by atoms with Gasteiger partial charge in [0.2, 0.25) is 11.8 Å². The van der Waals surface area contributed by atoms with Crippen LogP contribution in [0.4, 0.5) is 10.1 Å². The number of hydrogen-bond donors (Lipinski definition) is 1. The zero-order chi connectivity index (χ0) is 19.7. The molecule has 0 aliphatic carbocycles. The van der Waals surface area contributed by atoms with E-state index >= 15 is 0 Å². The molecule has 0 saturated carbocycles. The minimum atomic E-state index is -1.04. The SMILES string of the molecule is O=C([C@H]1CC(=O)N(c2ccccc2F)C1)N1CCC(O)(c2ccccn2)CC1. The largest absolute Gasteiger partial charge is 0.383 e. The Kier molecular flexibility index (Phi) is 4.85. The number of aliphatic hydroxyl groups is 1. The highest BCUT2D eigenvalue weighted by Crippen LogP contribution is 2.33. The van der Waals surface area contributed by atoms with Gasteiger partial charge in [0.1, 0.15) is 11.4 Å². The third kappa shape index (κ3) is 3.38. The number of rotatable bonds is 3. The second-order valence-corrected chi connectivity index (χ2v) is 7.43. The highest BCUT2D eigenvalue weighted by atomic mass is 19.1. The van der Waals surface area contributed by atoms with Gasteiger partial charge in [0.15, 0.2) is 0 Å². The van der Waals surface area contributed by atoms with E-state index in [1.807, 2.05) is 6.07 Å². The summed E-state index contributed by atoms with van der Waals surface area (Å²) in [6, 6.07) is 11.5. The van der Waals surface area contributed by atoms with Crippen molar-refractivity contribution in [2.75, 3.05) is 24.5 Å². The van der Waals surface area contributed by atoms with Crippen molar-refractivity contribution >= 4 is 17.5 Å². The number of benzene rings is 1. The fourth-order valence-corrected chi connectivity index (χ4v) is 4.03. The minimum absolute atomic E-state index is 0.0776. The number of aromatic nitrogens is 1. The van der Waals surface area contributed by atoms with Gasteiger partial charge in [-0.25, -0.2) is 4.39 Å². The Hall–Kier alpha value is -2.80. The molecule has 2 amide bonds. The standard InChI is InChI=1S/C21H22FN3O3/c22-16-5-1-2-6-17(16)25-14-15(13-19(25)26)20(27)24-11-8-21(28,9-12-24)18-7-3-4-10-23-18/h1-7,10,15,28H,8-9,11-14H2/t15-/m0/s1. The third-order valence-electron chi connectivity index (χ3n) is 5.66. The number of amides is 2. The molecule has 146 valence electrons. The Labute approximate surface area is 162 Å². The molecule has 1 N–H and O–H groups in total. The van der Waals surface area contributed by atoms with E-state index in [1.165, 1.54) is 11.0 Å². The molecule has 2 fully saturated rings. The van der Waals surface area contributed by atoms with Crippen LogP contribution < -0.4 is 4.90 Å². The molecule has 0 spiro atoms. The average molecular weight is 383 g/mol. The smallest absolute Gasteiger partial charge is 0.228 e. The number of nitrogens with zero attached hydrogens (tertiary/aromatic N) is 3. The Morgan fingerprint density at radius 3 is 2.54 bits per heavy atom. The predicted molar refractivity (Wildman–Crippen MR) is 101 cm³/mol. The zero-order valence-electron chi connectivity index (χ0n) is 15.4. The summed E-state index contributed by atoms with van der Waals surface area (Å²) in [5.41, 5.74) is -0.210. The van der Waals surface area contributed by atoms with Crippen LogP contribution in [0.25, 0.3) is 0 Å². The van der Waals surface area contributed by atoms with E-state index < -0.39 is 17.3 Å². The maximum Gasteiger partial charge on any atom is 0.228 e. The molecular weight excluding hydrogens is 361 g/mol. The number of carbonyl (C=O) groups is 2. The highest BCUT2D eigenvalue weighted by Gasteiger charge is 2.41. The Balaban J connectivity index is 1.41. The van der Waals surface area contributed by atoms with Crippen molar-refractivity contribution in [3.05, 3.63) is 60.2 Å². The van der Waals surface area contributed by atoms with Crippen LogP contribution in [0.2, 0.25) is 0 Å². The first kappa shape index (κ1) is 18.6. The van der Waals surface area contributed by atoms with Crippen LogP contribution in [0.3, 0.4) is 0 Å². The minimum Gasteiger partial charge on any atom is -0.383 e. The van der Waals surface area contributed by atoms with Gasteiger partial charge in [-0.05, 0) is 37.1 Å². The molecule has 6 nitrogen and oxygen atoms in total. The first-order valence-corrected chi connectivity index (χ1v) is 9.45.